The van der Waals surface area contributed by atoms with Crippen LogP contribution in [-0.2, 0) is 9.59 Å². The van der Waals surface area contributed by atoms with Crippen molar-refractivity contribution in [1.29, 1.82) is 0 Å². The van der Waals surface area contributed by atoms with E-state index in [-0.39, 0.29) is 31.9 Å². The first-order valence-corrected chi connectivity index (χ1v) is 7.93. The molecule has 0 aromatic heterocycles. The molecule has 0 aliphatic heterocycles. The molecule has 0 spiro atoms. The van der Waals surface area contributed by atoms with E-state index in [2.05, 4.69) is 0 Å². The molecule has 0 rings (SSSR count). The Morgan fingerprint density at radius 3 is 1.81 bits per heavy atom. The molecule has 0 aliphatic carbocycles. The van der Waals surface area contributed by atoms with Crippen molar-refractivity contribution in [2.24, 2.45) is 10.8 Å². The molecular weight excluding hydrogens is 291 g/mol. The van der Waals surface area contributed by atoms with E-state index in [4.69, 9.17) is 11.6 Å². The molecule has 0 aromatic rings. The molecule has 0 amide bonds. The van der Waals surface area contributed by atoms with Crippen LogP contribution in [0.15, 0.2) is 0 Å². The molecule has 2 nitrogen and oxygen atoms in total. The fraction of sp³-hybridized carbons (Fsp3) is 0.833. The van der Waals surface area contributed by atoms with Crippen LogP contribution in [-0.4, -0.2) is 30.8 Å². The van der Waals surface area contributed by atoms with Crippen molar-refractivity contribution in [3.05, 3.63) is 0 Å². The minimum absolute atomic E-state index is 0.0378. The zero-order valence-corrected chi connectivity index (χ0v) is 13.4. The van der Waals surface area contributed by atoms with Gasteiger partial charge in [0.25, 0.3) is 0 Å². The Hall–Kier alpha value is 0.149. The summed E-state index contributed by atoms with van der Waals surface area (Å²) in [6.07, 6.45) is 0. The Balaban J connectivity index is 4.25. The molecule has 4 heteroatoms. The summed E-state index contributed by atoms with van der Waals surface area (Å²) >= 11 is 5.89. The predicted octanol–water partition coefficient (Wildman–Crippen LogP) is 2.90. The van der Waals surface area contributed by atoms with Gasteiger partial charge in [0.05, 0.1) is 0 Å². The summed E-state index contributed by atoms with van der Waals surface area (Å²) in [7, 11) is 0. The van der Waals surface area contributed by atoms with E-state index in [0.29, 0.717) is 5.32 Å². The molecule has 0 aliphatic rings. The van der Waals surface area contributed by atoms with Gasteiger partial charge in [-0.3, -0.25) is 0 Å². The molecule has 1 unspecified atom stereocenters. The van der Waals surface area contributed by atoms with Gasteiger partial charge in [0.1, 0.15) is 0 Å². The second kappa shape index (κ2) is 5.66. The van der Waals surface area contributed by atoms with Crippen LogP contribution >= 0.6 is 11.6 Å². The Kier molecular flexibility index (Phi) is 5.71. The van der Waals surface area contributed by atoms with Crippen molar-refractivity contribution in [3.63, 3.8) is 0 Å². The summed E-state index contributed by atoms with van der Waals surface area (Å²) in [6, 6.07) is 0. The average molecular weight is 312 g/mol. The molecule has 94 valence electrons. The Morgan fingerprint density at radius 2 is 1.50 bits per heavy atom. The standard InChI is InChI=1S/C12H21ClO2Se/c1-11(2,3)8(14)7-16-10(13)9(15)12(4,5)6/h10H,7H2,1-6H3. The van der Waals surface area contributed by atoms with Crippen LogP contribution in [0.3, 0.4) is 0 Å². The monoisotopic (exact) mass is 312 g/mol. The summed E-state index contributed by atoms with van der Waals surface area (Å²) in [6.45, 7) is 11.2. The molecule has 0 bridgehead atoms. The number of rotatable bonds is 4. The van der Waals surface area contributed by atoms with E-state index in [1.165, 1.54) is 0 Å². The van der Waals surface area contributed by atoms with Crippen LogP contribution in [0, 0.1) is 10.8 Å². The quantitative estimate of drug-likeness (QED) is 0.591. The van der Waals surface area contributed by atoms with Gasteiger partial charge in [-0.25, -0.2) is 0 Å². The maximum atomic E-state index is 11.8. The van der Waals surface area contributed by atoms with E-state index in [1.807, 2.05) is 41.5 Å². The van der Waals surface area contributed by atoms with Crippen molar-refractivity contribution < 1.29 is 9.59 Å². The molecule has 1 atom stereocenters. The molecule has 0 fully saturated rings. The topological polar surface area (TPSA) is 34.1 Å². The van der Waals surface area contributed by atoms with E-state index in [0.717, 1.165) is 0 Å². The predicted molar refractivity (Wildman–Crippen MR) is 69.1 cm³/mol. The Morgan fingerprint density at radius 1 is 1.06 bits per heavy atom. The molecule has 0 saturated carbocycles. The number of carbonyl (C=O) groups excluding carboxylic acids is 2. The van der Waals surface area contributed by atoms with Gasteiger partial charge in [0, 0.05) is 0 Å². The van der Waals surface area contributed by atoms with Crippen LogP contribution in [0.2, 0.25) is 5.32 Å². The molecule has 0 heterocycles. The zero-order chi connectivity index (χ0) is 13.1. The summed E-state index contributed by atoms with van der Waals surface area (Å²) in [4.78, 5) is 23.5. The summed E-state index contributed by atoms with van der Waals surface area (Å²) in [5.41, 5.74) is -0.748. The van der Waals surface area contributed by atoms with E-state index < -0.39 is 9.69 Å². The zero-order valence-electron chi connectivity index (χ0n) is 10.9. The second-order valence-corrected chi connectivity index (χ2v) is 9.23. The second-order valence-electron chi connectivity index (χ2n) is 5.91. The Bertz CT molecular complexity index is 274. The SMILES string of the molecule is CC(C)(C)C(=O)C[Se]C(Cl)C(=O)C(C)(C)C. The third-order valence-electron chi connectivity index (χ3n) is 2.14. The van der Waals surface area contributed by atoms with Crippen LogP contribution in [0.1, 0.15) is 41.5 Å². The fourth-order valence-electron chi connectivity index (χ4n) is 0.781. The number of carbonyl (C=O) groups is 2. The van der Waals surface area contributed by atoms with Crippen LogP contribution in [0.5, 0.6) is 0 Å². The van der Waals surface area contributed by atoms with Crippen molar-refractivity contribution in [1.82, 2.24) is 0 Å². The van der Waals surface area contributed by atoms with Crippen molar-refractivity contribution in [2.45, 2.75) is 51.1 Å². The molecule has 0 aromatic carbocycles. The van der Waals surface area contributed by atoms with Crippen molar-refractivity contribution in [3.8, 4) is 0 Å². The van der Waals surface area contributed by atoms with Gasteiger partial charge in [-0.1, -0.05) is 0 Å². The average Bonchev–Trinajstić information content (AvgIpc) is 2.09. The van der Waals surface area contributed by atoms with Crippen LogP contribution in [0.25, 0.3) is 0 Å². The molecule has 16 heavy (non-hydrogen) atoms. The van der Waals surface area contributed by atoms with Gasteiger partial charge < -0.3 is 0 Å². The normalized spacial score (nSPS) is 14.7. The van der Waals surface area contributed by atoms with Crippen LogP contribution in [0.4, 0.5) is 0 Å². The molecule has 0 N–H and O–H groups in total. The molecule has 0 radical (unpaired) electrons. The first-order valence-electron chi connectivity index (χ1n) is 5.29. The van der Waals surface area contributed by atoms with Gasteiger partial charge in [-0.05, 0) is 0 Å². The van der Waals surface area contributed by atoms with Crippen molar-refractivity contribution in [2.75, 3.05) is 0 Å². The number of ketones is 2. The van der Waals surface area contributed by atoms with E-state index in [1.54, 1.807) is 0 Å². The summed E-state index contributed by atoms with van der Waals surface area (Å²) in [5.74, 6) is 0.218. The first kappa shape index (κ1) is 16.1. The van der Waals surface area contributed by atoms with Gasteiger partial charge in [-0.15, -0.1) is 0 Å². The number of alkyl halides is 1. The number of Topliss-reactive ketones (excluding diaryl/α,β-unsaturated/α-hetero) is 2. The van der Waals surface area contributed by atoms with E-state index >= 15 is 0 Å². The van der Waals surface area contributed by atoms with Gasteiger partial charge in [-0.2, -0.15) is 0 Å². The first-order chi connectivity index (χ1) is 6.96. The third-order valence-corrected chi connectivity index (χ3v) is 4.96. The number of hydrogen-bond donors (Lipinski definition) is 0. The minimum atomic E-state index is -0.487. The van der Waals surface area contributed by atoms with Gasteiger partial charge in [0.15, 0.2) is 0 Å². The summed E-state index contributed by atoms with van der Waals surface area (Å²) in [5, 5.41) is 0.437. The number of halogens is 1. The summed E-state index contributed by atoms with van der Waals surface area (Å²) < 4.78 is -0.487. The fourth-order valence-corrected chi connectivity index (χ4v) is 4.03. The van der Waals surface area contributed by atoms with E-state index in [9.17, 15) is 9.59 Å². The van der Waals surface area contributed by atoms with Gasteiger partial charge >= 0.3 is 110 Å². The Labute approximate surface area is 110 Å². The van der Waals surface area contributed by atoms with Crippen molar-refractivity contribution >= 4 is 38.1 Å². The maximum absolute atomic E-state index is 11.8. The molecular formula is C12H21ClO2Se. The third kappa shape index (κ3) is 5.47. The number of hydrogen-bond acceptors (Lipinski definition) is 2. The molecule has 0 saturated heterocycles. The van der Waals surface area contributed by atoms with Crippen LogP contribution < -0.4 is 0 Å². The van der Waals surface area contributed by atoms with Gasteiger partial charge in [0.2, 0.25) is 0 Å².